The van der Waals surface area contributed by atoms with E-state index in [1.807, 2.05) is 0 Å². The van der Waals surface area contributed by atoms with Crippen LogP contribution >= 0.6 is 0 Å². The SMILES string of the molecule is N[C@](CCCCB(O)O)(C(=O)O)C1CC(NCc2c3ccccc3cc3ccccc23)C1. The van der Waals surface area contributed by atoms with Crippen molar-refractivity contribution >= 4 is 34.6 Å². The molecule has 4 rings (SSSR count). The largest absolute Gasteiger partial charge is 0.480 e. The number of carboxylic acid groups (broad SMARTS) is 1. The number of carbonyl (C=O) groups is 1. The van der Waals surface area contributed by atoms with Crippen LogP contribution in [0.5, 0.6) is 0 Å². The third kappa shape index (κ3) is 4.66. The van der Waals surface area contributed by atoms with Crippen LogP contribution in [0.3, 0.4) is 0 Å². The fourth-order valence-corrected chi connectivity index (χ4v) is 4.98. The normalized spacial score (nSPS) is 20.1. The van der Waals surface area contributed by atoms with Gasteiger partial charge in [-0.1, -0.05) is 61.4 Å². The Morgan fingerprint density at radius 1 is 1.03 bits per heavy atom. The predicted molar refractivity (Wildman–Crippen MR) is 128 cm³/mol. The second-order valence-corrected chi connectivity index (χ2v) is 9.12. The van der Waals surface area contributed by atoms with Crippen molar-refractivity contribution in [2.75, 3.05) is 0 Å². The van der Waals surface area contributed by atoms with Crippen molar-refractivity contribution in [2.45, 2.75) is 56.5 Å². The molecule has 0 spiro atoms. The molecule has 0 bridgehead atoms. The Labute approximate surface area is 188 Å². The molecule has 3 aromatic carbocycles. The van der Waals surface area contributed by atoms with Crippen LogP contribution in [0.2, 0.25) is 6.32 Å². The van der Waals surface area contributed by atoms with Crippen molar-refractivity contribution in [3.63, 3.8) is 0 Å². The lowest BCUT2D eigenvalue weighted by Crippen LogP contribution is -2.61. The average Bonchev–Trinajstić information content (AvgIpc) is 2.74. The van der Waals surface area contributed by atoms with E-state index in [0.29, 0.717) is 19.3 Å². The van der Waals surface area contributed by atoms with Crippen LogP contribution in [-0.2, 0) is 11.3 Å². The minimum Gasteiger partial charge on any atom is -0.480 e. The zero-order chi connectivity index (χ0) is 22.7. The lowest BCUT2D eigenvalue weighted by molar-refractivity contribution is -0.148. The van der Waals surface area contributed by atoms with Crippen molar-refractivity contribution in [3.8, 4) is 0 Å². The minimum absolute atomic E-state index is 0.0826. The molecule has 0 unspecified atom stereocenters. The monoisotopic (exact) mass is 434 g/mol. The molecule has 0 aromatic heterocycles. The van der Waals surface area contributed by atoms with Gasteiger partial charge >= 0.3 is 13.1 Å². The summed E-state index contributed by atoms with van der Waals surface area (Å²) in [5.74, 6) is -1.05. The molecule has 0 heterocycles. The summed E-state index contributed by atoms with van der Waals surface area (Å²) in [7, 11) is -1.35. The zero-order valence-electron chi connectivity index (χ0n) is 18.2. The van der Waals surface area contributed by atoms with Gasteiger partial charge in [0.15, 0.2) is 0 Å². The molecule has 6 N–H and O–H groups in total. The van der Waals surface area contributed by atoms with E-state index in [0.717, 1.165) is 19.4 Å². The molecule has 168 valence electrons. The molecule has 7 heteroatoms. The van der Waals surface area contributed by atoms with E-state index >= 15 is 0 Å². The number of unbranched alkanes of at least 4 members (excludes halogenated alkanes) is 1. The molecule has 0 aliphatic heterocycles. The van der Waals surface area contributed by atoms with Crippen LogP contribution in [0.1, 0.15) is 37.7 Å². The van der Waals surface area contributed by atoms with Crippen LogP contribution in [0, 0.1) is 5.92 Å². The highest BCUT2D eigenvalue weighted by Crippen LogP contribution is 2.39. The number of benzene rings is 3. The average molecular weight is 434 g/mol. The summed E-state index contributed by atoms with van der Waals surface area (Å²) in [5, 5.41) is 36.3. The molecule has 0 radical (unpaired) electrons. The maximum Gasteiger partial charge on any atom is 0.451 e. The maximum atomic E-state index is 11.9. The van der Waals surface area contributed by atoms with E-state index in [-0.39, 0.29) is 18.3 Å². The van der Waals surface area contributed by atoms with Crippen molar-refractivity contribution in [1.82, 2.24) is 5.32 Å². The van der Waals surface area contributed by atoms with Crippen LogP contribution in [0.25, 0.3) is 21.5 Å². The highest BCUT2D eigenvalue weighted by Gasteiger charge is 2.48. The van der Waals surface area contributed by atoms with Gasteiger partial charge in [0.1, 0.15) is 5.54 Å². The fourth-order valence-electron chi connectivity index (χ4n) is 4.98. The van der Waals surface area contributed by atoms with E-state index < -0.39 is 18.6 Å². The van der Waals surface area contributed by atoms with Gasteiger partial charge in [-0.25, -0.2) is 0 Å². The predicted octanol–water partition coefficient (Wildman–Crippen LogP) is 3.29. The Hall–Kier alpha value is -2.45. The second-order valence-electron chi connectivity index (χ2n) is 9.12. The molecular formula is C25H31BN2O4. The second kappa shape index (κ2) is 9.59. The minimum atomic E-state index is -1.35. The van der Waals surface area contributed by atoms with Crippen molar-refractivity contribution in [3.05, 3.63) is 60.2 Å². The maximum absolute atomic E-state index is 11.9. The quantitative estimate of drug-likeness (QED) is 0.190. The Morgan fingerprint density at radius 3 is 2.19 bits per heavy atom. The summed E-state index contributed by atoms with van der Waals surface area (Å²) in [6.07, 6.45) is 3.16. The van der Waals surface area contributed by atoms with Gasteiger partial charge in [0.25, 0.3) is 0 Å². The molecule has 0 saturated heterocycles. The molecule has 1 atom stereocenters. The van der Waals surface area contributed by atoms with Crippen molar-refractivity contribution in [2.24, 2.45) is 11.7 Å². The highest BCUT2D eigenvalue weighted by atomic mass is 16.4. The number of nitrogens with one attached hydrogen (secondary N) is 1. The van der Waals surface area contributed by atoms with Crippen LogP contribution < -0.4 is 11.1 Å². The lowest BCUT2D eigenvalue weighted by Gasteiger charge is -2.45. The van der Waals surface area contributed by atoms with Crippen LogP contribution in [0.4, 0.5) is 0 Å². The number of hydrogen-bond acceptors (Lipinski definition) is 5. The fraction of sp³-hybridized carbons (Fsp3) is 0.400. The van der Waals surface area contributed by atoms with E-state index in [1.54, 1.807) is 0 Å². The van der Waals surface area contributed by atoms with Gasteiger partial charge in [-0.05, 0) is 64.7 Å². The van der Waals surface area contributed by atoms with Gasteiger partial charge in [0.2, 0.25) is 0 Å². The number of hydrogen-bond donors (Lipinski definition) is 5. The van der Waals surface area contributed by atoms with Gasteiger partial charge in [0.05, 0.1) is 0 Å². The molecule has 32 heavy (non-hydrogen) atoms. The topological polar surface area (TPSA) is 116 Å². The number of carboxylic acids is 1. The van der Waals surface area contributed by atoms with E-state index in [4.69, 9.17) is 15.8 Å². The van der Waals surface area contributed by atoms with E-state index in [2.05, 4.69) is 59.9 Å². The molecule has 3 aromatic rings. The molecular weight excluding hydrogens is 403 g/mol. The highest BCUT2D eigenvalue weighted by molar-refractivity contribution is 6.40. The summed E-state index contributed by atoms with van der Waals surface area (Å²) in [6.45, 7) is 0.721. The van der Waals surface area contributed by atoms with Crippen molar-refractivity contribution < 1.29 is 19.9 Å². The number of aliphatic carboxylic acids is 1. The smallest absolute Gasteiger partial charge is 0.451 e. The van der Waals surface area contributed by atoms with E-state index in [1.165, 1.54) is 27.1 Å². The summed E-state index contributed by atoms with van der Waals surface area (Å²) in [5.41, 5.74) is 6.34. The van der Waals surface area contributed by atoms with Gasteiger partial charge in [-0.3, -0.25) is 4.79 Å². The standard InChI is InChI=1S/C25H31BN2O4/c27-25(24(29)30,11-5-6-12-26(31)32)19-14-20(15-19)28-16-23-21-9-3-1-7-17(21)13-18-8-2-4-10-22(18)23/h1-4,7-10,13,19-20,28,31-32H,5-6,11-12,14-16,27H2,(H,29,30)/t19?,20?,25-/m0/s1. The van der Waals surface area contributed by atoms with Gasteiger partial charge in [-0.2, -0.15) is 0 Å². The Balaban J connectivity index is 1.41. The van der Waals surface area contributed by atoms with Crippen LogP contribution in [-0.4, -0.2) is 39.8 Å². The van der Waals surface area contributed by atoms with Gasteiger partial charge < -0.3 is 26.2 Å². The first-order valence-corrected chi connectivity index (χ1v) is 11.4. The Bertz CT molecular complexity index is 1050. The van der Waals surface area contributed by atoms with Crippen LogP contribution in [0.15, 0.2) is 54.6 Å². The van der Waals surface area contributed by atoms with Crippen molar-refractivity contribution in [1.29, 1.82) is 0 Å². The summed E-state index contributed by atoms with van der Waals surface area (Å²) >= 11 is 0. The Kier molecular flexibility index (Phi) is 6.81. The third-order valence-corrected chi connectivity index (χ3v) is 7.02. The number of fused-ring (bicyclic) bond motifs is 2. The van der Waals surface area contributed by atoms with Gasteiger partial charge in [0, 0.05) is 12.6 Å². The summed E-state index contributed by atoms with van der Waals surface area (Å²) < 4.78 is 0. The molecule has 1 fully saturated rings. The first kappa shape index (κ1) is 22.7. The lowest BCUT2D eigenvalue weighted by atomic mass is 9.66. The van der Waals surface area contributed by atoms with Gasteiger partial charge in [-0.15, -0.1) is 0 Å². The molecule has 0 amide bonds. The Morgan fingerprint density at radius 2 is 1.62 bits per heavy atom. The molecule has 6 nitrogen and oxygen atoms in total. The number of nitrogens with two attached hydrogens (primary N) is 1. The first-order valence-electron chi connectivity index (χ1n) is 11.4. The zero-order valence-corrected chi connectivity index (χ0v) is 18.2. The number of rotatable bonds is 10. The molecule has 1 aliphatic rings. The summed E-state index contributed by atoms with van der Waals surface area (Å²) in [4.78, 5) is 11.9. The first-order chi connectivity index (χ1) is 15.4. The third-order valence-electron chi connectivity index (χ3n) is 7.02. The molecule has 1 aliphatic carbocycles. The van der Waals surface area contributed by atoms with E-state index in [9.17, 15) is 9.90 Å². The molecule has 1 saturated carbocycles. The summed E-state index contributed by atoms with van der Waals surface area (Å²) in [6, 6.07) is 19.3.